The van der Waals surface area contributed by atoms with Gasteiger partial charge in [0.15, 0.2) is 0 Å². The number of benzene rings is 7. The molecule has 1 aliphatic rings. The summed E-state index contributed by atoms with van der Waals surface area (Å²) in [6, 6.07) is 55.9. The molecule has 0 saturated carbocycles. The SMILES string of the molecule is Brc1ccc(-c2ccc(-c3ccc(C4C=C(c5ccccc5)NC(c5ccccc5)=N4)cc3)c3ccccc23)c2ccccc12. The number of amidine groups is 1. The van der Waals surface area contributed by atoms with Gasteiger partial charge in [0.2, 0.25) is 0 Å². The topological polar surface area (TPSA) is 24.4 Å². The van der Waals surface area contributed by atoms with Crippen LogP contribution in [0.2, 0.25) is 0 Å². The highest BCUT2D eigenvalue weighted by Crippen LogP contribution is 2.40. The maximum absolute atomic E-state index is 5.15. The molecule has 0 fully saturated rings. The van der Waals surface area contributed by atoms with Crippen molar-refractivity contribution in [3.05, 3.63) is 185 Å². The van der Waals surface area contributed by atoms with Crippen LogP contribution in [0.25, 0.3) is 49.5 Å². The van der Waals surface area contributed by atoms with Crippen molar-refractivity contribution in [1.82, 2.24) is 5.32 Å². The Kier molecular flexibility index (Phi) is 7.09. The standard InChI is InChI=1S/C42H29BrN2/c43-39-26-25-37(35-17-9-10-18-38(35)39)36-24-23-32(33-15-7-8-16-34(33)36)28-19-21-30(22-20-28)41-27-40(29-11-3-1-4-12-29)44-42(45-41)31-13-5-2-6-14-31/h1-27,41H,(H,44,45). The summed E-state index contributed by atoms with van der Waals surface area (Å²) in [5, 5.41) is 8.54. The van der Waals surface area contributed by atoms with Gasteiger partial charge in [-0.1, -0.05) is 168 Å². The molecule has 1 unspecified atom stereocenters. The molecule has 3 heteroatoms. The summed E-state index contributed by atoms with van der Waals surface area (Å²) < 4.78 is 1.11. The first-order chi connectivity index (χ1) is 22.2. The summed E-state index contributed by atoms with van der Waals surface area (Å²) in [5.41, 5.74) is 9.34. The number of nitrogens with zero attached hydrogens (tertiary/aromatic N) is 1. The lowest BCUT2D eigenvalue weighted by Crippen LogP contribution is -2.27. The molecule has 0 amide bonds. The normalized spacial score (nSPS) is 14.6. The van der Waals surface area contributed by atoms with Gasteiger partial charge in [0.1, 0.15) is 5.84 Å². The highest BCUT2D eigenvalue weighted by Gasteiger charge is 2.20. The van der Waals surface area contributed by atoms with Gasteiger partial charge in [0, 0.05) is 15.7 Å². The molecule has 7 aromatic carbocycles. The zero-order valence-corrected chi connectivity index (χ0v) is 26.1. The second-order valence-corrected chi connectivity index (χ2v) is 12.2. The Morgan fingerprint density at radius 1 is 0.444 bits per heavy atom. The molecule has 0 saturated heterocycles. The summed E-state index contributed by atoms with van der Waals surface area (Å²) in [4.78, 5) is 5.15. The molecule has 0 radical (unpaired) electrons. The van der Waals surface area contributed by atoms with E-state index in [1.54, 1.807) is 0 Å². The Morgan fingerprint density at radius 3 is 1.62 bits per heavy atom. The monoisotopic (exact) mass is 640 g/mol. The van der Waals surface area contributed by atoms with Crippen molar-refractivity contribution in [1.29, 1.82) is 0 Å². The molecular formula is C42H29BrN2. The first kappa shape index (κ1) is 27.3. The molecule has 0 aromatic heterocycles. The first-order valence-electron chi connectivity index (χ1n) is 15.2. The average Bonchev–Trinajstić information content (AvgIpc) is 3.12. The van der Waals surface area contributed by atoms with Crippen LogP contribution in [0.3, 0.4) is 0 Å². The van der Waals surface area contributed by atoms with Gasteiger partial charge in [0.05, 0.1) is 6.04 Å². The molecular weight excluding hydrogens is 612 g/mol. The Hall–Kier alpha value is -5.25. The Labute approximate surface area is 271 Å². The predicted octanol–water partition coefficient (Wildman–Crippen LogP) is 11.2. The zero-order chi connectivity index (χ0) is 30.2. The van der Waals surface area contributed by atoms with Crippen LogP contribution >= 0.6 is 15.9 Å². The first-order valence-corrected chi connectivity index (χ1v) is 16.0. The second-order valence-electron chi connectivity index (χ2n) is 11.3. The van der Waals surface area contributed by atoms with Crippen LogP contribution in [0.1, 0.15) is 22.7 Å². The van der Waals surface area contributed by atoms with Crippen LogP contribution in [0.15, 0.2) is 173 Å². The molecule has 214 valence electrons. The number of nitrogens with one attached hydrogen (secondary N) is 1. The summed E-state index contributed by atoms with van der Waals surface area (Å²) in [7, 11) is 0. The lowest BCUT2D eigenvalue weighted by molar-refractivity contribution is 0.880. The van der Waals surface area contributed by atoms with Crippen LogP contribution < -0.4 is 5.32 Å². The van der Waals surface area contributed by atoms with Crippen molar-refractivity contribution < 1.29 is 0 Å². The molecule has 1 heterocycles. The van der Waals surface area contributed by atoms with Crippen molar-refractivity contribution in [2.45, 2.75) is 6.04 Å². The highest BCUT2D eigenvalue weighted by molar-refractivity contribution is 9.10. The van der Waals surface area contributed by atoms with Crippen molar-refractivity contribution in [3.63, 3.8) is 0 Å². The van der Waals surface area contributed by atoms with Crippen LogP contribution in [0, 0.1) is 0 Å². The Morgan fingerprint density at radius 2 is 0.956 bits per heavy atom. The fraction of sp³-hybridized carbons (Fsp3) is 0.0238. The summed E-state index contributed by atoms with van der Waals surface area (Å²) >= 11 is 3.75. The van der Waals surface area contributed by atoms with E-state index in [2.05, 4.69) is 173 Å². The molecule has 1 atom stereocenters. The summed E-state index contributed by atoms with van der Waals surface area (Å²) in [6.45, 7) is 0. The third kappa shape index (κ3) is 5.16. The fourth-order valence-electron chi connectivity index (χ4n) is 6.38. The number of rotatable bonds is 5. The molecule has 1 N–H and O–H groups in total. The lowest BCUT2D eigenvalue weighted by atomic mass is 9.89. The quantitative estimate of drug-likeness (QED) is 0.199. The van der Waals surface area contributed by atoms with Crippen LogP contribution in [-0.2, 0) is 0 Å². The van der Waals surface area contributed by atoms with E-state index in [-0.39, 0.29) is 6.04 Å². The third-order valence-electron chi connectivity index (χ3n) is 8.63. The smallest absolute Gasteiger partial charge is 0.133 e. The van der Waals surface area contributed by atoms with Crippen molar-refractivity contribution in [2.75, 3.05) is 0 Å². The largest absolute Gasteiger partial charge is 0.340 e. The van der Waals surface area contributed by atoms with E-state index in [9.17, 15) is 0 Å². The van der Waals surface area contributed by atoms with Gasteiger partial charge in [-0.05, 0) is 67.1 Å². The number of aliphatic imine (C=N–C) groups is 1. The van der Waals surface area contributed by atoms with E-state index >= 15 is 0 Å². The zero-order valence-electron chi connectivity index (χ0n) is 24.5. The van der Waals surface area contributed by atoms with Crippen molar-refractivity contribution in [2.24, 2.45) is 4.99 Å². The summed E-state index contributed by atoms with van der Waals surface area (Å²) in [6.07, 6.45) is 2.23. The van der Waals surface area contributed by atoms with Gasteiger partial charge >= 0.3 is 0 Å². The maximum Gasteiger partial charge on any atom is 0.133 e. The van der Waals surface area contributed by atoms with E-state index in [1.165, 1.54) is 43.8 Å². The molecule has 8 rings (SSSR count). The molecule has 1 aliphatic heterocycles. The van der Waals surface area contributed by atoms with Gasteiger partial charge in [0.25, 0.3) is 0 Å². The minimum absolute atomic E-state index is 0.101. The molecule has 0 spiro atoms. The lowest BCUT2D eigenvalue weighted by Gasteiger charge is -2.23. The van der Waals surface area contributed by atoms with Crippen LogP contribution in [0.5, 0.6) is 0 Å². The number of hydrogen-bond acceptors (Lipinski definition) is 2. The summed E-state index contributed by atoms with van der Waals surface area (Å²) in [5.74, 6) is 0.882. The molecule has 0 aliphatic carbocycles. The van der Waals surface area contributed by atoms with E-state index in [0.29, 0.717) is 0 Å². The van der Waals surface area contributed by atoms with E-state index in [0.717, 1.165) is 32.7 Å². The van der Waals surface area contributed by atoms with Crippen molar-refractivity contribution >= 4 is 49.0 Å². The number of fused-ring (bicyclic) bond motifs is 2. The van der Waals surface area contributed by atoms with E-state index in [1.807, 2.05) is 12.1 Å². The van der Waals surface area contributed by atoms with E-state index < -0.39 is 0 Å². The van der Waals surface area contributed by atoms with Gasteiger partial charge in [-0.15, -0.1) is 0 Å². The fourth-order valence-corrected chi connectivity index (χ4v) is 6.86. The number of halogens is 1. The minimum atomic E-state index is -0.101. The van der Waals surface area contributed by atoms with Gasteiger partial charge in [-0.3, -0.25) is 4.99 Å². The molecule has 0 bridgehead atoms. The molecule has 2 nitrogen and oxygen atoms in total. The molecule has 7 aromatic rings. The van der Waals surface area contributed by atoms with Crippen LogP contribution in [-0.4, -0.2) is 5.84 Å². The highest BCUT2D eigenvalue weighted by atomic mass is 79.9. The van der Waals surface area contributed by atoms with Crippen molar-refractivity contribution in [3.8, 4) is 22.3 Å². The third-order valence-corrected chi connectivity index (χ3v) is 9.32. The Bertz CT molecular complexity index is 2180. The number of hydrogen-bond donors (Lipinski definition) is 1. The van der Waals surface area contributed by atoms with E-state index in [4.69, 9.17) is 4.99 Å². The van der Waals surface area contributed by atoms with Gasteiger partial charge < -0.3 is 5.32 Å². The predicted molar refractivity (Wildman–Crippen MR) is 193 cm³/mol. The van der Waals surface area contributed by atoms with Gasteiger partial charge in [-0.25, -0.2) is 0 Å². The Balaban J connectivity index is 1.19. The average molecular weight is 642 g/mol. The second kappa shape index (κ2) is 11.7. The molecule has 45 heavy (non-hydrogen) atoms. The van der Waals surface area contributed by atoms with Crippen LogP contribution in [0.4, 0.5) is 0 Å². The van der Waals surface area contributed by atoms with Gasteiger partial charge in [-0.2, -0.15) is 0 Å². The maximum atomic E-state index is 5.15. The minimum Gasteiger partial charge on any atom is -0.340 e.